The van der Waals surface area contributed by atoms with Crippen molar-refractivity contribution in [2.75, 3.05) is 6.54 Å². The minimum absolute atomic E-state index is 0.302. The molecule has 0 amide bonds. The number of benzene rings is 1. The standard InChI is InChI=1S/C14H21N/c1-4-10-14(2,3)12-15-11-13-8-6-5-7-9-13/h4-9,15H,1,10-12H2,2-3H3. The molecule has 0 heterocycles. The Balaban J connectivity index is 2.30. The monoisotopic (exact) mass is 203 g/mol. The van der Waals surface area contributed by atoms with Gasteiger partial charge in [-0.25, -0.2) is 0 Å². The van der Waals surface area contributed by atoms with Gasteiger partial charge in [0.05, 0.1) is 0 Å². The van der Waals surface area contributed by atoms with E-state index in [0.717, 1.165) is 19.5 Å². The van der Waals surface area contributed by atoms with Crippen LogP contribution in [0.5, 0.6) is 0 Å². The maximum absolute atomic E-state index is 3.78. The molecule has 1 nitrogen and oxygen atoms in total. The van der Waals surface area contributed by atoms with Crippen molar-refractivity contribution in [3.05, 3.63) is 48.6 Å². The molecule has 1 rings (SSSR count). The lowest BCUT2D eigenvalue weighted by Gasteiger charge is -2.23. The van der Waals surface area contributed by atoms with Gasteiger partial charge >= 0.3 is 0 Å². The molecular formula is C14H21N. The molecule has 0 aliphatic heterocycles. The van der Waals surface area contributed by atoms with Crippen LogP contribution in [0.3, 0.4) is 0 Å². The molecule has 1 N–H and O–H groups in total. The minimum Gasteiger partial charge on any atom is -0.312 e. The molecule has 0 saturated carbocycles. The molecule has 0 atom stereocenters. The molecule has 0 fully saturated rings. The van der Waals surface area contributed by atoms with Gasteiger partial charge < -0.3 is 5.32 Å². The number of rotatable bonds is 6. The van der Waals surface area contributed by atoms with Crippen molar-refractivity contribution >= 4 is 0 Å². The van der Waals surface area contributed by atoms with Gasteiger partial charge in [-0.05, 0) is 17.4 Å². The van der Waals surface area contributed by atoms with Crippen molar-refractivity contribution in [3.8, 4) is 0 Å². The van der Waals surface area contributed by atoms with Crippen molar-refractivity contribution in [2.45, 2.75) is 26.8 Å². The van der Waals surface area contributed by atoms with Crippen molar-refractivity contribution in [2.24, 2.45) is 5.41 Å². The summed E-state index contributed by atoms with van der Waals surface area (Å²) in [5.41, 5.74) is 1.64. The summed E-state index contributed by atoms with van der Waals surface area (Å²) in [4.78, 5) is 0. The SMILES string of the molecule is C=CCC(C)(C)CNCc1ccccc1. The zero-order chi connectivity index (χ0) is 11.1. The fourth-order valence-electron chi connectivity index (χ4n) is 1.60. The predicted molar refractivity (Wildman–Crippen MR) is 66.7 cm³/mol. The lowest BCUT2D eigenvalue weighted by Crippen LogP contribution is -2.28. The van der Waals surface area contributed by atoms with Crippen LogP contribution < -0.4 is 5.32 Å². The molecular weight excluding hydrogens is 182 g/mol. The lowest BCUT2D eigenvalue weighted by atomic mass is 9.89. The van der Waals surface area contributed by atoms with Crippen LogP contribution in [-0.2, 0) is 6.54 Å². The first-order valence-corrected chi connectivity index (χ1v) is 5.49. The zero-order valence-electron chi connectivity index (χ0n) is 9.79. The normalized spacial score (nSPS) is 11.3. The van der Waals surface area contributed by atoms with E-state index in [2.05, 4.69) is 50.0 Å². The van der Waals surface area contributed by atoms with Gasteiger partial charge in [-0.15, -0.1) is 6.58 Å². The molecule has 0 aliphatic rings. The Labute approximate surface area is 93.2 Å². The first-order chi connectivity index (χ1) is 7.14. The van der Waals surface area contributed by atoms with Gasteiger partial charge in [-0.2, -0.15) is 0 Å². The summed E-state index contributed by atoms with van der Waals surface area (Å²) in [6.07, 6.45) is 3.04. The molecule has 0 saturated heterocycles. The highest BCUT2D eigenvalue weighted by Crippen LogP contribution is 2.19. The zero-order valence-corrected chi connectivity index (χ0v) is 9.79. The van der Waals surface area contributed by atoms with Crippen LogP contribution in [0.4, 0.5) is 0 Å². The van der Waals surface area contributed by atoms with E-state index in [1.807, 2.05) is 12.1 Å². The number of hydrogen-bond acceptors (Lipinski definition) is 1. The third kappa shape index (κ3) is 4.80. The summed E-state index contributed by atoms with van der Waals surface area (Å²) < 4.78 is 0. The molecule has 1 heteroatoms. The maximum atomic E-state index is 3.78. The van der Waals surface area contributed by atoms with E-state index in [1.165, 1.54) is 5.56 Å². The van der Waals surface area contributed by atoms with Crippen LogP contribution >= 0.6 is 0 Å². The summed E-state index contributed by atoms with van der Waals surface area (Å²) in [7, 11) is 0. The number of nitrogens with one attached hydrogen (secondary N) is 1. The Hall–Kier alpha value is -1.08. The van der Waals surface area contributed by atoms with Crippen LogP contribution in [0.1, 0.15) is 25.8 Å². The molecule has 1 aromatic carbocycles. The number of hydrogen-bond donors (Lipinski definition) is 1. The van der Waals surface area contributed by atoms with E-state index in [1.54, 1.807) is 0 Å². The second-order valence-electron chi connectivity index (χ2n) is 4.75. The van der Waals surface area contributed by atoms with Crippen LogP contribution in [-0.4, -0.2) is 6.54 Å². The van der Waals surface area contributed by atoms with Crippen LogP contribution in [0, 0.1) is 5.41 Å². The Kier molecular flexibility index (Phi) is 4.57. The van der Waals surface area contributed by atoms with Crippen LogP contribution in [0.2, 0.25) is 0 Å². The van der Waals surface area contributed by atoms with E-state index in [0.29, 0.717) is 5.41 Å². The molecule has 0 aliphatic carbocycles. The topological polar surface area (TPSA) is 12.0 Å². The fraction of sp³-hybridized carbons (Fsp3) is 0.429. The highest BCUT2D eigenvalue weighted by molar-refractivity contribution is 5.14. The second-order valence-corrected chi connectivity index (χ2v) is 4.75. The Morgan fingerprint density at radius 1 is 1.27 bits per heavy atom. The molecule has 0 unspecified atom stereocenters. The molecule has 1 aromatic rings. The van der Waals surface area contributed by atoms with E-state index < -0.39 is 0 Å². The molecule has 0 aromatic heterocycles. The average Bonchev–Trinajstić information content (AvgIpc) is 2.19. The second kappa shape index (κ2) is 5.72. The fourth-order valence-corrected chi connectivity index (χ4v) is 1.60. The molecule has 0 spiro atoms. The summed E-state index contributed by atoms with van der Waals surface area (Å²) in [5, 5.41) is 3.48. The maximum Gasteiger partial charge on any atom is 0.0205 e. The van der Waals surface area contributed by atoms with Crippen molar-refractivity contribution < 1.29 is 0 Å². The average molecular weight is 203 g/mol. The van der Waals surface area contributed by atoms with E-state index in [9.17, 15) is 0 Å². The van der Waals surface area contributed by atoms with Crippen LogP contribution in [0.25, 0.3) is 0 Å². The summed E-state index contributed by atoms with van der Waals surface area (Å²) in [6, 6.07) is 10.5. The first kappa shape index (κ1) is 12.0. The third-order valence-corrected chi connectivity index (χ3v) is 2.47. The highest BCUT2D eigenvalue weighted by Gasteiger charge is 2.14. The summed E-state index contributed by atoms with van der Waals surface area (Å²) >= 11 is 0. The Morgan fingerprint density at radius 2 is 1.93 bits per heavy atom. The summed E-state index contributed by atoms with van der Waals surface area (Å²) in [6.45, 7) is 10.3. The van der Waals surface area contributed by atoms with Gasteiger partial charge in [-0.1, -0.05) is 50.3 Å². The first-order valence-electron chi connectivity index (χ1n) is 5.49. The Bertz CT molecular complexity index is 287. The smallest absolute Gasteiger partial charge is 0.0205 e. The molecule has 15 heavy (non-hydrogen) atoms. The van der Waals surface area contributed by atoms with Crippen molar-refractivity contribution in [1.29, 1.82) is 0 Å². The van der Waals surface area contributed by atoms with Gasteiger partial charge in [0.25, 0.3) is 0 Å². The van der Waals surface area contributed by atoms with Crippen LogP contribution in [0.15, 0.2) is 43.0 Å². The predicted octanol–water partition coefficient (Wildman–Crippen LogP) is 3.38. The minimum atomic E-state index is 0.302. The highest BCUT2D eigenvalue weighted by atomic mass is 14.9. The number of allylic oxidation sites excluding steroid dienone is 1. The van der Waals surface area contributed by atoms with Gasteiger partial charge in [0.15, 0.2) is 0 Å². The molecule has 82 valence electrons. The third-order valence-electron chi connectivity index (χ3n) is 2.47. The van der Waals surface area contributed by atoms with Gasteiger partial charge in [0.2, 0.25) is 0 Å². The lowest BCUT2D eigenvalue weighted by molar-refractivity contribution is 0.344. The molecule has 0 radical (unpaired) electrons. The van der Waals surface area contributed by atoms with E-state index in [4.69, 9.17) is 0 Å². The van der Waals surface area contributed by atoms with Crippen molar-refractivity contribution in [3.63, 3.8) is 0 Å². The van der Waals surface area contributed by atoms with E-state index in [-0.39, 0.29) is 0 Å². The summed E-state index contributed by atoms with van der Waals surface area (Å²) in [5.74, 6) is 0. The van der Waals surface area contributed by atoms with Gasteiger partial charge in [0.1, 0.15) is 0 Å². The Morgan fingerprint density at radius 3 is 2.53 bits per heavy atom. The molecule has 0 bridgehead atoms. The van der Waals surface area contributed by atoms with E-state index >= 15 is 0 Å². The van der Waals surface area contributed by atoms with Gasteiger partial charge in [-0.3, -0.25) is 0 Å². The van der Waals surface area contributed by atoms with Crippen molar-refractivity contribution in [1.82, 2.24) is 5.32 Å². The largest absolute Gasteiger partial charge is 0.312 e. The quantitative estimate of drug-likeness (QED) is 0.699. The van der Waals surface area contributed by atoms with Gasteiger partial charge in [0, 0.05) is 13.1 Å².